The maximum absolute atomic E-state index is 11.8. The highest BCUT2D eigenvalue weighted by Crippen LogP contribution is 2.20. The largest absolute Gasteiger partial charge is 0.393 e. The van der Waals surface area contributed by atoms with Crippen molar-refractivity contribution in [3.05, 3.63) is 33.8 Å². The summed E-state index contributed by atoms with van der Waals surface area (Å²) in [5, 5.41) is 13.0. The molecule has 19 heavy (non-hydrogen) atoms. The lowest BCUT2D eigenvalue weighted by molar-refractivity contribution is 0.163. The van der Waals surface area contributed by atoms with Crippen molar-refractivity contribution in [1.29, 1.82) is 0 Å². The monoisotopic (exact) mass is 304 g/mol. The second-order valence-corrected chi connectivity index (χ2v) is 5.30. The van der Waals surface area contributed by atoms with Crippen LogP contribution in [0.25, 0.3) is 0 Å². The molecule has 1 rings (SSSR count). The first-order valence-corrected chi connectivity index (χ1v) is 6.76. The third kappa shape index (κ3) is 5.68. The van der Waals surface area contributed by atoms with Crippen molar-refractivity contribution in [2.75, 3.05) is 13.6 Å². The Morgan fingerprint density at radius 3 is 2.74 bits per heavy atom. The molecule has 0 heterocycles. The smallest absolute Gasteiger partial charge is 0.317 e. The predicted octanol–water partition coefficient (Wildman–Crippen LogP) is 2.91. The van der Waals surface area contributed by atoms with E-state index < -0.39 is 6.10 Å². The highest BCUT2D eigenvalue weighted by molar-refractivity contribution is 6.35. The number of amides is 2. The Kier molecular flexibility index (Phi) is 6.42. The number of nitrogens with zero attached hydrogens (tertiary/aromatic N) is 1. The summed E-state index contributed by atoms with van der Waals surface area (Å²) in [5.41, 5.74) is 0.809. The van der Waals surface area contributed by atoms with Gasteiger partial charge in [0, 0.05) is 30.2 Å². The SMILES string of the molecule is CC(O)CCN(C)C(=O)NCc1ccc(Cl)cc1Cl. The van der Waals surface area contributed by atoms with Crippen LogP contribution in [0.3, 0.4) is 0 Å². The maximum atomic E-state index is 11.8. The normalized spacial score (nSPS) is 12.1. The number of benzene rings is 1. The lowest BCUT2D eigenvalue weighted by atomic mass is 10.2. The summed E-state index contributed by atoms with van der Waals surface area (Å²) in [6.07, 6.45) is 0.131. The maximum Gasteiger partial charge on any atom is 0.317 e. The molecule has 0 aliphatic heterocycles. The Morgan fingerprint density at radius 1 is 1.47 bits per heavy atom. The minimum absolute atomic E-state index is 0.202. The molecule has 1 unspecified atom stereocenters. The Balaban J connectivity index is 2.45. The first kappa shape index (κ1) is 16.1. The number of carbonyl (C=O) groups is 1. The summed E-state index contributed by atoms with van der Waals surface area (Å²) in [6.45, 7) is 2.53. The second kappa shape index (κ2) is 7.58. The molecule has 1 aromatic carbocycles. The van der Waals surface area contributed by atoms with Gasteiger partial charge in [0.25, 0.3) is 0 Å². The minimum atomic E-state index is -0.416. The van der Waals surface area contributed by atoms with Crippen LogP contribution in [0.5, 0.6) is 0 Å². The first-order valence-electron chi connectivity index (χ1n) is 6.01. The number of aliphatic hydroxyl groups excluding tert-OH is 1. The van der Waals surface area contributed by atoms with E-state index >= 15 is 0 Å². The Morgan fingerprint density at radius 2 is 2.16 bits per heavy atom. The Hall–Kier alpha value is -0.970. The summed E-state index contributed by atoms with van der Waals surface area (Å²) in [6, 6.07) is 4.95. The highest BCUT2D eigenvalue weighted by atomic mass is 35.5. The quantitative estimate of drug-likeness (QED) is 0.879. The third-order valence-electron chi connectivity index (χ3n) is 2.67. The van der Waals surface area contributed by atoms with Gasteiger partial charge in [-0.05, 0) is 31.0 Å². The van der Waals surface area contributed by atoms with Gasteiger partial charge in [0.15, 0.2) is 0 Å². The topological polar surface area (TPSA) is 52.6 Å². The van der Waals surface area contributed by atoms with Gasteiger partial charge in [-0.2, -0.15) is 0 Å². The van der Waals surface area contributed by atoms with Crippen LogP contribution in [0.4, 0.5) is 4.79 Å². The predicted molar refractivity (Wildman–Crippen MR) is 77.6 cm³/mol. The number of carbonyl (C=O) groups excluding carboxylic acids is 1. The average molecular weight is 305 g/mol. The molecule has 0 aromatic heterocycles. The molecule has 4 nitrogen and oxygen atoms in total. The van der Waals surface area contributed by atoms with Crippen molar-refractivity contribution in [3.63, 3.8) is 0 Å². The highest BCUT2D eigenvalue weighted by Gasteiger charge is 2.10. The second-order valence-electron chi connectivity index (χ2n) is 4.45. The molecule has 1 atom stereocenters. The summed E-state index contributed by atoms with van der Waals surface area (Å²) in [4.78, 5) is 13.3. The summed E-state index contributed by atoms with van der Waals surface area (Å²) < 4.78 is 0. The van der Waals surface area contributed by atoms with Crippen LogP contribution >= 0.6 is 23.2 Å². The van der Waals surface area contributed by atoms with Gasteiger partial charge in [-0.1, -0.05) is 29.3 Å². The first-order chi connectivity index (χ1) is 8.90. The van der Waals surface area contributed by atoms with Crippen molar-refractivity contribution in [2.45, 2.75) is 26.0 Å². The number of aliphatic hydroxyl groups is 1. The number of halogens is 2. The molecule has 106 valence electrons. The lowest BCUT2D eigenvalue weighted by Gasteiger charge is -2.19. The summed E-state index contributed by atoms with van der Waals surface area (Å²) in [5.74, 6) is 0. The molecule has 0 saturated heterocycles. The van der Waals surface area contributed by atoms with Crippen molar-refractivity contribution in [3.8, 4) is 0 Å². The van der Waals surface area contributed by atoms with Crippen LogP contribution in [0.2, 0.25) is 10.0 Å². The zero-order valence-electron chi connectivity index (χ0n) is 11.0. The van der Waals surface area contributed by atoms with Crippen molar-refractivity contribution in [2.24, 2.45) is 0 Å². The van der Waals surface area contributed by atoms with E-state index in [0.29, 0.717) is 29.6 Å². The fourth-order valence-electron chi connectivity index (χ4n) is 1.45. The van der Waals surface area contributed by atoms with Gasteiger partial charge in [-0.25, -0.2) is 4.79 Å². The fraction of sp³-hybridized carbons (Fsp3) is 0.462. The molecule has 0 aliphatic carbocycles. The van der Waals surface area contributed by atoms with Crippen LogP contribution < -0.4 is 5.32 Å². The van der Waals surface area contributed by atoms with Gasteiger partial charge in [0.05, 0.1) is 6.10 Å². The van der Waals surface area contributed by atoms with E-state index in [1.807, 2.05) is 0 Å². The zero-order chi connectivity index (χ0) is 14.4. The van der Waals surface area contributed by atoms with E-state index in [1.165, 1.54) is 4.90 Å². The summed E-state index contributed by atoms with van der Waals surface area (Å²) >= 11 is 11.8. The molecule has 0 bridgehead atoms. The average Bonchev–Trinajstić information content (AvgIpc) is 2.34. The van der Waals surface area contributed by atoms with E-state index in [-0.39, 0.29) is 6.03 Å². The van der Waals surface area contributed by atoms with Crippen molar-refractivity contribution >= 4 is 29.2 Å². The van der Waals surface area contributed by atoms with Gasteiger partial charge in [0.2, 0.25) is 0 Å². The molecule has 0 aliphatic rings. The number of urea groups is 1. The van der Waals surface area contributed by atoms with E-state index in [0.717, 1.165) is 5.56 Å². The van der Waals surface area contributed by atoms with E-state index in [9.17, 15) is 4.79 Å². The molecular formula is C13H18Cl2N2O2. The molecule has 2 N–H and O–H groups in total. The van der Waals surface area contributed by atoms with Crippen LogP contribution in [0.15, 0.2) is 18.2 Å². The van der Waals surface area contributed by atoms with Crippen molar-refractivity contribution in [1.82, 2.24) is 10.2 Å². The van der Waals surface area contributed by atoms with Gasteiger partial charge < -0.3 is 15.3 Å². The molecule has 2 amide bonds. The summed E-state index contributed by atoms with van der Waals surface area (Å²) in [7, 11) is 1.68. The minimum Gasteiger partial charge on any atom is -0.393 e. The number of rotatable bonds is 5. The number of hydrogen-bond acceptors (Lipinski definition) is 2. The molecule has 6 heteroatoms. The molecule has 0 spiro atoms. The van der Waals surface area contributed by atoms with Crippen LogP contribution in [-0.2, 0) is 6.54 Å². The van der Waals surface area contributed by atoms with Gasteiger partial charge in [-0.15, -0.1) is 0 Å². The van der Waals surface area contributed by atoms with Gasteiger partial charge >= 0.3 is 6.03 Å². The lowest BCUT2D eigenvalue weighted by Crippen LogP contribution is -2.38. The van der Waals surface area contributed by atoms with Gasteiger partial charge in [-0.3, -0.25) is 0 Å². The number of hydrogen-bond donors (Lipinski definition) is 2. The molecular weight excluding hydrogens is 287 g/mol. The molecule has 0 fully saturated rings. The Bertz CT molecular complexity index is 439. The van der Waals surface area contributed by atoms with Crippen LogP contribution in [-0.4, -0.2) is 35.7 Å². The van der Waals surface area contributed by atoms with Crippen LogP contribution in [0.1, 0.15) is 18.9 Å². The Labute approximate surface area is 123 Å². The zero-order valence-corrected chi connectivity index (χ0v) is 12.5. The third-order valence-corrected chi connectivity index (χ3v) is 3.26. The van der Waals surface area contributed by atoms with E-state index in [2.05, 4.69) is 5.32 Å². The molecule has 1 aromatic rings. The fourth-order valence-corrected chi connectivity index (χ4v) is 1.93. The standard InChI is InChI=1S/C13H18Cl2N2O2/c1-9(18)5-6-17(2)13(19)16-8-10-3-4-11(14)7-12(10)15/h3-4,7,9,18H,5-6,8H2,1-2H3,(H,16,19). The molecule has 0 radical (unpaired) electrons. The van der Waals surface area contributed by atoms with Crippen LogP contribution in [0, 0.1) is 0 Å². The van der Waals surface area contributed by atoms with E-state index in [4.69, 9.17) is 28.3 Å². The number of nitrogens with one attached hydrogen (secondary N) is 1. The molecule has 0 saturated carbocycles. The van der Waals surface area contributed by atoms with E-state index in [1.54, 1.807) is 32.2 Å². The van der Waals surface area contributed by atoms with Gasteiger partial charge in [0.1, 0.15) is 0 Å². The van der Waals surface area contributed by atoms with Crippen molar-refractivity contribution < 1.29 is 9.90 Å².